The summed E-state index contributed by atoms with van der Waals surface area (Å²) in [4.78, 5) is 11.5. The molecule has 0 fully saturated rings. The molecule has 0 amide bonds. The van der Waals surface area contributed by atoms with Gasteiger partial charge < -0.3 is 14.6 Å². The van der Waals surface area contributed by atoms with Crippen molar-refractivity contribution < 1.29 is 19.4 Å². The van der Waals surface area contributed by atoms with Crippen LogP contribution in [-0.4, -0.2) is 27.6 Å². The summed E-state index contributed by atoms with van der Waals surface area (Å²) in [5.41, 5.74) is 1.30. The molecule has 22 heavy (non-hydrogen) atoms. The van der Waals surface area contributed by atoms with Crippen LogP contribution in [0.15, 0.2) is 24.4 Å². The number of nitrogens with zero attached hydrogens (tertiary/aromatic N) is 1. The van der Waals surface area contributed by atoms with E-state index in [0.29, 0.717) is 10.3 Å². The van der Waals surface area contributed by atoms with Crippen LogP contribution in [0.25, 0.3) is 5.69 Å². The van der Waals surface area contributed by atoms with E-state index in [9.17, 15) is 9.90 Å². The monoisotopic (exact) mass is 322 g/mol. The number of carbonyl (C=O) groups excluding carboxylic acids is 1. The van der Waals surface area contributed by atoms with Crippen molar-refractivity contribution in [3.8, 4) is 17.2 Å². The number of hydrogen-bond donors (Lipinski definition) is 2. The fourth-order valence-electron chi connectivity index (χ4n) is 2.02. The van der Waals surface area contributed by atoms with Gasteiger partial charge in [-0.3, -0.25) is 9.78 Å². The number of phenols is 1. The first-order valence-electron chi connectivity index (χ1n) is 6.92. The molecule has 0 atom stereocenters. The number of carbonyl (C=O) groups is 1. The van der Waals surface area contributed by atoms with Crippen LogP contribution < -0.4 is 4.74 Å². The molecule has 0 unspecified atom stereocenters. The lowest BCUT2D eigenvalue weighted by Gasteiger charge is -2.16. The van der Waals surface area contributed by atoms with Gasteiger partial charge in [0.2, 0.25) is 0 Å². The summed E-state index contributed by atoms with van der Waals surface area (Å²) in [7, 11) is 0. The van der Waals surface area contributed by atoms with Gasteiger partial charge >= 0.3 is 6.16 Å². The molecule has 0 aliphatic heterocycles. The van der Waals surface area contributed by atoms with Gasteiger partial charge in [-0.05, 0) is 25.0 Å². The first-order valence-corrected chi connectivity index (χ1v) is 7.32. The number of aromatic nitrogens is 2. The molecular formula is C15H18N2O4S. The molecule has 1 aromatic carbocycles. The van der Waals surface area contributed by atoms with Gasteiger partial charge in [0.05, 0.1) is 6.61 Å². The van der Waals surface area contributed by atoms with Crippen LogP contribution >= 0.6 is 12.2 Å². The van der Waals surface area contributed by atoms with Crippen molar-refractivity contribution in [3.63, 3.8) is 0 Å². The summed E-state index contributed by atoms with van der Waals surface area (Å²) in [6.45, 7) is 5.84. The molecule has 1 heterocycles. The Labute approximate surface area is 133 Å². The topological polar surface area (TPSA) is 76.5 Å². The Bertz CT molecular complexity index is 733. The average molecular weight is 322 g/mol. The van der Waals surface area contributed by atoms with Crippen LogP contribution in [0.1, 0.15) is 32.3 Å². The Kier molecular flexibility index (Phi) is 4.87. The summed E-state index contributed by atoms with van der Waals surface area (Å²) in [5.74, 6) is 0.327. The molecule has 2 aromatic rings. The molecule has 0 aliphatic rings. The van der Waals surface area contributed by atoms with Crippen molar-refractivity contribution in [3.05, 3.63) is 34.6 Å². The quantitative estimate of drug-likeness (QED) is 0.507. The van der Waals surface area contributed by atoms with Crippen molar-refractivity contribution in [2.45, 2.75) is 26.7 Å². The summed E-state index contributed by atoms with van der Waals surface area (Å²) < 4.78 is 12.1. The van der Waals surface area contributed by atoms with Crippen LogP contribution in [0.5, 0.6) is 11.5 Å². The molecule has 2 N–H and O–H groups in total. The number of nitrogens with one attached hydrogen (secondary N) is 1. The molecule has 0 saturated carbocycles. The largest absolute Gasteiger partial charge is 0.513 e. The van der Waals surface area contributed by atoms with Gasteiger partial charge in [0.25, 0.3) is 0 Å². The SMILES string of the molecule is CCOC(=O)Oc1cc(O)c(-n2ccc(=S)[nH]2)cc1C(C)C. The Morgan fingerprint density at radius 1 is 1.45 bits per heavy atom. The van der Waals surface area contributed by atoms with Crippen LogP contribution in [0.2, 0.25) is 0 Å². The molecule has 7 heteroatoms. The number of rotatable bonds is 4. The fourth-order valence-corrected chi connectivity index (χ4v) is 2.18. The zero-order chi connectivity index (χ0) is 16.3. The summed E-state index contributed by atoms with van der Waals surface area (Å²) >= 11 is 5.03. The van der Waals surface area contributed by atoms with E-state index in [0.717, 1.165) is 5.56 Å². The van der Waals surface area contributed by atoms with E-state index in [1.807, 2.05) is 13.8 Å². The number of ether oxygens (including phenoxy) is 2. The van der Waals surface area contributed by atoms with E-state index < -0.39 is 6.16 Å². The number of hydrogen-bond acceptors (Lipinski definition) is 5. The second-order valence-electron chi connectivity index (χ2n) is 4.98. The van der Waals surface area contributed by atoms with Crippen LogP contribution in [0.4, 0.5) is 4.79 Å². The van der Waals surface area contributed by atoms with E-state index >= 15 is 0 Å². The van der Waals surface area contributed by atoms with E-state index in [4.69, 9.17) is 21.7 Å². The summed E-state index contributed by atoms with van der Waals surface area (Å²) in [5, 5.41) is 13.1. The number of aromatic hydroxyl groups is 1. The number of H-pyrrole nitrogens is 1. The smallest absolute Gasteiger partial charge is 0.506 e. The highest BCUT2D eigenvalue weighted by Crippen LogP contribution is 2.35. The van der Waals surface area contributed by atoms with Gasteiger partial charge in [-0.1, -0.05) is 26.1 Å². The number of phenolic OH excluding ortho intramolecular Hbond substituents is 1. The Balaban J connectivity index is 2.46. The third-order valence-electron chi connectivity index (χ3n) is 3.05. The van der Waals surface area contributed by atoms with Crippen molar-refractivity contribution in [2.24, 2.45) is 0 Å². The first kappa shape index (κ1) is 16.1. The van der Waals surface area contributed by atoms with E-state index in [2.05, 4.69) is 5.10 Å². The van der Waals surface area contributed by atoms with Crippen LogP contribution in [0, 0.1) is 4.64 Å². The lowest BCUT2D eigenvalue weighted by Crippen LogP contribution is -2.12. The van der Waals surface area contributed by atoms with Crippen LogP contribution in [-0.2, 0) is 4.74 Å². The molecule has 0 spiro atoms. The van der Waals surface area contributed by atoms with Crippen molar-refractivity contribution in [1.29, 1.82) is 0 Å². The van der Waals surface area contributed by atoms with Crippen molar-refractivity contribution in [1.82, 2.24) is 9.78 Å². The number of aromatic amines is 1. The molecule has 2 rings (SSSR count). The molecular weight excluding hydrogens is 304 g/mol. The Morgan fingerprint density at radius 3 is 2.73 bits per heavy atom. The van der Waals surface area contributed by atoms with Gasteiger partial charge in [0, 0.05) is 17.8 Å². The maximum absolute atomic E-state index is 11.5. The molecule has 1 aromatic heterocycles. The second kappa shape index (κ2) is 6.65. The zero-order valence-electron chi connectivity index (χ0n) is 12.6. The maximum Gasteiger partial charge on any atom is 0.513 e. The number of benzene rings is 1. The predicted octanol–water partition coefficient (Wildman–Crippen LogP) is 3.90. The standard InChI is InChI=1S/C15H18N2O4S/c1-4-20-15(19)21-13-8-12(18)11(7-10(13)9(2)3)17-6-5-14(22)16-17/h5-9,18H,4H2,1-3H3,(H,16,22). The Morgan fingerprint density at radius 2 is 2.18 bits per heavy atom. The lowest BCUT2D eigenvalue weighted by molar-refractivity contribution is 0.104. The lowest BCUT2D eigenvalue weighted by atomic mass is 10.0. The van der Waals surface area contributed by atoms with E-state index in [-0.39, 0.29) is 24.0 Å². The maximum atomic E-state index is 11.5. The minimum atomic E-state index is -0.795. The molecule has 6 nitrogen and oxygen atoms in total. The molecule has 118 valence electrons. The zero-order valence-corrected chi connectivity index (χ0v) is 13.4. The highest BCUT2D eigenvalue weighted by atomic mass is 32.1. The fraction of sp³-hybridized carbons (Fsp3) is 0.333. The minimum absolute atomic E-state index is 0.0365. The third-order valence-corrected chi connectivity index (χ3v) is 3.28. The van der Waals surface area contributed by atoms with E-state index in [1.54, 1.807) is 29.9 Å². The molecule has 0 bridgehead atoms. The van der Waals surface area contributed by atoms with Crippen molar-refractivity contribution in [2.75, 3.05) is 6.61 Å². The average Bonchev–Trinajstić information content (AvgIpc) is 2.85. The normalized spacial score (nSPS) is 10.7. The molecule has 0 radical (unpaired) electrons. The first-order chi connectivity index (χ1) is 10.4. The van der Waals surface area contributed by atoms with Gasteiger partial charge in [0.1, 0.15) is 21.8 Å². The highest BCUT2D eigenvalue weighted by Gasteiger charge is 2.17. The third kappa shape index (κ3) is 3.48. The molecule has 0 aliphatic carbocycles. The van der Waals surface area contributed by atoms with Crippen molar-refractivity contribution >= 4 is 18.4 Å². The van der Waals surface area contributed by atoms with Crippen LogP contribution in [0.3, 0.4) is 0 Å². The van der Waals surface area contributed by atoms with Gasteiger partial charge in [-0.2, -0.15) is 0 Å². The van der Waals surface area contributed by atoms with Gasteiger partial charge in [-0.25, -0.2) is 4.79 Å². The predicted molar refractivity (Wildman–Crippen MR) is 84.4 cm³/mol. The van der Waals surface area contributed by atoms with Gasteiger partial charge in [-0.15, -0.1) is 0 Å². The minimum Gasteiger partial charge on any atom is -0.506 e. The summed E-state index contributed by atoms with van der Waals surface area (Å²) in [6.07, 6.45) is 0.921. The Hall–Kier alpha value is -2.28. The second-order valence-corrected chi connectivity index (χ2v) is 5.42. The molecule has 0 saturated heterocycles. The van der Waals surface area contributed by atoms with E-state index in [1.165, 1.54) is 6.07 Å². The highest BCUT2D eigenvalue weighted by molar-refractivity contribution is 7.71. The summed E-state index contributed by atoms with van der Waals surface area (Å²) in [6, 6.07) is 4.87. The van der Waals surface area contributed by atoms with Gasteiger partial charge in [0.15, 0.2) is 0 Å².